The molecule has 0 spiro atoms. The van der Waals surface area contributed by atoms with Crippen LogP contribution in [0.2, 0.25) is 0 Å². The molecule has 5 nitrogen and oxygen atoms in total. The number of carbonyl (C=O) groups excluding carboxylic acids is 2. The maximum absolute atomic E-state index is 12.8. The number of piperidine rings is 1. The number of thiophene rings is 1. The molecule has 1 fully saturated rings. The van der Waals surface area contributed by atoms with Crippen molar-refractivity contribution in [3.05, 3.63) is 60.0 Å². The molecule has 3 amide bonds. The highest BCUT2D eigenvalue weighted by molar-refractivity contribution is 7.14. The zero-order valence-electron chi connectivity index (χ0n) is 14.9. The Labute approximate surface area is 162 Å². The lowest BCUT2D eigenvalue weighted by Crippen LogP contribution is -2.45. The van der Waals surface area contributed by atoms with Crippen LogP contribution in [-0.2, 0) is 4.79 Å². The molecule has 1 saturated heterocycles. The van der Waals surface area contributed by atoms with Gasteiger partial charge >= 0.3 is 6.03 Å². The summed E-state index contributed by atoms with van der Waals surface area (Å²) in [6.07, 6.45) is 1.62. The second kappa shape index (κ2) is 7.80. The smallest absolute Gasteiger partial charge is 0.322 e. The molecular weight excluding hydrogens is 358 g/mol. The first kappa shape index (κ1) is 17.5. The van der Waals surface area contributed by atoms with E-state index in [1.807, 2.05) is 60.0 Å². The van der Waals surface area contributed by atoms with E-state index in [4.69, 9.17) is 0 Å². The van der Waals surface area contributed by atoms with Gasteiger partial charge in [-0.2, -0.15) is 0 Å². The molecule has 0 aliphatic carbocycles. The Balaban J connectivity index is 1.43. The van der Waals surface area contributed by atoms with Crippen LogP contribution in [0, 0.1) is 5.92 Å². The first-order valence-corrected chi connectivity index (χ1v) is 9.97. The third-order valence-corrected chi connectivity index (χ3v) is 5.66. The Bertz CT molecular complexity index is 950. The number of likely N-dealkylation sites (tertiary alicyclic amines) is 1. The van der Waals surface area contributed by atoms with E-state index in [1.165, 1.54) is 11.3 Å². The summed E-state index contributed by atoms with van der Waals surface area (Å²) in [6, 6.07) is 17.5. The van der Waals surface area contributed by atoms with Gasteiger partial charge in [0.15, 0.2) is 0 Å². The number of urea groups is 1. The van der Waals surface area contributed by atoms with Crippen molar-refractivity contribution in [2.75, 3.05) is 23.7 Å². The molecule has 138 valence electrons. The summed E-state index contributed by atoms with van der Waals surface area (Å²) in [5.41, 5.74) is 0.818. The Morgan fingerprint density at radius 2 is 1.85 bits per heavy atom. The highest BCUT2D eigenvalue weighted by Gasteiger charge is 2.28. The molecule has 4 rings (SSSR count). The molecule has 1 aliphatic heterocycles. The van der Waals surface area contributed by atoms with Gasteiger partial charge in [0, 0.05) is 24.2 Å². The molecule has 0 bridgehead atoms. The molecule has 27 heavy (non-hydrogen) atoms. The van der Waals surface area contributed by atoms with Crippen LogP contribution < -0.4 is 10.6 Å². The van der Waals surface area contributed by atoms with Crippen LogP contribution in [0.3, 0.4) is 0 Å². The predicted octanol–water partition coefficient (Wildman–Crippen LogP) is 4.78. The maximum Gasteiger partial charge on any atom is 0.322 e. The van der Waals surface area contributed by atoms with Crippen molar-refractivity contribution in [1.29, 1.82) is 0 Å². The number of hydrogen-bond donors (Lipinski definition) is 2. The van der Waals surface area contributed by atoms with Gasteiger partial charge in [-0.05, 0) is 41.8 Å². The van der Waals surface area contributed by atoms with Gasteiger partial charge in [0.2, 0.25) is 5.91 Å². The van der Waals surface area contributed by atoms with E-state index >= 15 is 0 Å². The average molecular weight is 379 g/mol. The minimum atomic E-state index is -0.202. The Morgan fingerprint density at radius 1 is 1.00 bits per heavy atom. The van der Waals surface area contributed by atoms with Gasteiger partial charge in [-0.15, -0.1) is 11.3 Å². The van der Waals surface area contributed by atoms with Gasteiger partial charge < -0.3 is 10.2 Å². The fourth-order valence-corrected chi connectivity index (χ4v) is 4.09. The van der Waals surface area contributed by atoms with Crippen molar-refractivity contribution in [1.82, 2.24) is 4.90 Å². The summed E-state index contributed by atoms with van der Waals surface area (Å²) in [4.78, 5) is 27.0. The minimum absolute atomic E-state index is 0.0278. The summed E-state index contributed by atoms with van der Waals surface area (Å²) in [5.74, 6) is -0.230. The Hall–Kier alpha value is -2.86. The molecule has 2 heterocycles. The summed E-state index contributed by atoms with van der Waals surface area (Å²) in [6.45, 7) is 1.11. The van der Waals surface area contributed by atoms with Crippen LogP contribution in [0.15, 0.2) is 60.0 Å². The lowest BCUT2D eigenvalue weighted by atomic mass is 9.97. The monoisotopic (exact) mass is 379 g/mol. The number of carbonyl (C=O) groups is 2. The molecule has 3 aromatic rings. The topological polar surface area (TPSA) is 61.4 Å². The van der Waals surface area contributed by atoms with Crippen LogP contribution >= 0.6 is 11.3 Å². The first-order chi connectivity index (χ1) is 13.2. The summed E-state index contributed by atoms with van der Waals surface area (Å²) < 4.78 is 0. The number of benzene rings is 2. The van der Waals surface area contributed by atoms with Crippen molar-refractivity contribution in [2.45, 2.75) is 12.8 Å². The van der Waals surface area contributed by atoms with Gasteiger partial charge in [-0.1, -0.05) is 36.4 Å². The molecular formula is C21H21N3O2S. The van der Waals surface area contributed by atoms with E-state index in [0.29, 0.717) is 13.1 Å². The fraction of sp³-hybridized carbons (Fsp3) is 0.238. The number of fused-ring (bicyclic) bond motifs is 1. The van der Waals surface area contributed by atoms with Gasteiger partial charge in [0.1, 0.15) is 0 Å². The van der Waals surface area contributed by atoms with Gasteiger partial charge in [-0.25, -0.2) is 4.79 Å². The largest absolute Gasteiger partial charge is 0.325 e. The van der Waals surface area contributed by atoms with Crippen LogP contribution in [0.1, 0.15) is 12.8 Å². The number of hydrogen-bond acceptors (Lipinski definition) is 3. The lowest BCUT2D eigenvalue weighted by molar-refractivity contribution is -0.121. The summed E-state index contributed by atoms with van der Waals surface area (Å²) in [7, 11) is 0. The van der Waals surface area contributed by atoms with E-state index in [0.717, 1.165) is 34.3 Å². The average Bonchev–Trinajstić information content (AvgIpc) is 3.21. The standard InChI is InChI=1S/C21H21N3O2S/c25-20(22-18-10-3-7-15-6-1-2-9-17(15)18)16-8-4-12-24(14-16)21(26)23-19-11-5-13-27-19/h1-3,5-7,9-11,13,16H,4,8,12,14H2,(H,22,25)(H,23,26). The van der Waals surface area contributed by atoms with Crippen molar-refractivity contribution in [2.24, 2.45) is 5.92 Å². The van der Waals surface area contributed by atoms with Crippen molar-refractivity contribution in [3.63, 3.8) is 0 Å². The number of nitrogens with one attached hydrogen (secondary N) is 2. The SMILES string of the molecule is O=C(Nc1cccc2ccccc12)C1CCCN(C(=O)Nc2cccs2)C1. The number of nitrogens with zero attached hydrogens (tertiary/aromatic N) is 1. The van der Waals surface area contributed by atoms with Crippen molar-refractivity contribution in [3.8, 4) is 0 Å². The number of rotatable bonds is 3. The third kappa shape index (κ3) is 3.95. The Kier molecular flexibility index (Phi) is 5.07. The van der Waals surface area contributed by atoms with Gasteiger partial charge in [0.25, 0.3) is 0 Å². The third-order valence-electron chi connectivity index (χ3n) is 4.88. The molecule has 6 heteroatoms. The van der Waals surface area contributed by atoms with Crippen LogP contribution in [0.25, 0.3) is 10.8 Å². The van der Waals surface area contributed by atoms with E-state index in [2.05, 4.69) is 10.6 Å². The van der Waals surface area contributed by atoms with E-state index in [9.17, 15) is 9.59 Å². The van der Waals surface area contributed by atoms with Crippen LogP contribution in [0.5, 0.6) is 0 Å². The number of amides is 3. The molecule has 1 atom stereocenters. The highest BCUT2D eigenvalue weighted by Crippen LogP contribution is 2.25. The summed E-state index contributed by atoms with van der Waals surface area (Å²) in [5, 5.41) is 10.8. The number of anilines is 2. The molecule has 2 N–H and O–H groups in total. The van der Waals surface area contributed by atoms with Crippen molar-refractivity contribution >= 4 is 44.7 Å². The van der Waals surface area contributed by atoms with E-state index in [1.54, 1.807) is 4.90 Å². The van der Waals surface area contributed by atoms with Gasteiger partial charge in [0.05, 0.1) is 10.9 Å². The van der Waals surface area contributed by atoms with Crippen LogP contribution in [0.4, 0.5) is 15.5 Å². The van der Waals surface area contributed by atoms with E-state index < -0.39 is 0 Å². The molecule has 2 aromatic carbocycles. The van der Waals surface area contributed by atoms with Crippen molar-refractivity contribution < 1.29 is 9.59 Å². The molecule has 1 aromatic heterocycles. The van der Waals surface area contributed by atoms with E-state index in [-0.39, 0.29) is 17.9 Å². The minimum Gasteiger partial charge on any atom is -0.325 e. The van der Waals surface area contributed by atoms with Crippen LogP contribution in [-0.4, -0.2) is 29.9 Å². The zero-order valence-corrected chi connectivity index (χ0v) is 15.7. The molecule has 1 unspecified atom stereocenters. The molecule has 1 aliphatic rings. The summed E-state index contributed by atoms with van der Waals surface area (Å²) >= 11 is 1.49. The molecule has 0 saturated carbocycles. The lowest BCUT2D eigenvalue weighted by Gasteiger charge is -2.32. The van der Waals surface area contributed by atoms with Gasteiger partial charge in [-0.3, -0.25) is 10.1 Å². The zero-order chi connectivity index (χ0) is 18.6. The highest BCUT2D eigenvalue weighted by atomic mass is 32.1. The second-order valence-corrected chi connectivity index (χ2v) is 7.66. The Morgan fingerprint density at radius 3 is 2.70 bits per heavy atom. The quantitative estimate of drug-likeness (QED) is 0.688. The first-order valence-electron chi connectivity index (χ1n) is 9.09. The molecule has 0 radical (unpaired) electrons. The normalized spacial score (nSPS) is 16.9. The fourth-order valence-electron chi connectivity index (χ4n) is 3.48. The maximum atomic E-state index is 12.8. The second-order valence-electron chi connectivity index (χ2n) is 6.71. The predicted molar refractivity (Wildman–Crippen MR) is 110 cm³/mol.